The average Bonchev–Trinajstić information content (AvgIpc) is 2.95. The summed E-state index contributed by atoms with van der Waals surface area (Å²) in [5.74, 6) is 1.23. The van der Waals surface area contributed by atoms with Crippen LogP contribution in [-0.4, -0.2) is 15.1 Å². The highest BCUT2D eigenvalue weighted by Gasteiger charge is 2.14. The summed E-state index contributed by atoms with van der Waals surface area (Å²) in [5, 5.41) is 14.8. The Hall–Kier alpha value is -2.74. The molecule has 0 spiro atoms. The van der Waals surface area contributed by atoms with Gasteiger partial charge in [0.15, 0.2) is 0 Å². The maximum Gasteiger partial charge on any atom is 0.227 e. The van der Waals surface area contributed by atoms with Crippen molar-refractivity contribution in [1.29, 1.82) is 5.26 Å². The molecule has 0 N–H and O–H groups in total. The minimum Gasteiger partial charge on any atom is -0.339 e. The molecular weight excluding hydrogens is 264 g/mol. The van der Waals surface area contributed by atoms with Gasteiger partial charge >= 0.3 is 0 Å². The lowest BCUT2D eigenvalue weighted by Crippen LogP contribution is -1.98. The van der Waals surface area contributed by atoms with Crippen molar-refractivity contribution >= 4 is 10.8 Å². The Balaban J connectivity index is 1.94. The quantitative estimate of drug-likeness (QED) is 0.731. The molecule has 3 aromatic rings. The number of fused-ring (bicyclic) bond motifs is 1. The second-order valence-electron chi connectivity index (χ2n) is 5.06. The van der Waals surface area contributed by atoms with Crippen LogP contribution in [-0.2, 0) is 6.42 Å². The summed E-state index contributed by atoms with van der Waals surface area (Å²) in [5.41, 5.74) is 0.719. The van der Waals surface area contributed by atoms with E-state index in [4.69, 9.17) is 9.78 Å². The van der Waals surface area contributed by atoms with E-state index in [0.717, 1.165) is 16.5 Å². The van der Waals surface area contributed by atoms with Gasteiger partial charge in [0.05, 0.1) is 6.07 Å². The molecule has 2 aromatic heterocycles. The summed E-state index contributed by atoms with van der Waals surface area (Å²) in [6.07, 6.45) is 2.82. The SMILES string of the molecule is CC(CC#N)Cc1nc(-c2nccc3ccccc23)no1. The van der Waals surface area contributed by atoms with Crippen LogP contribution in [0.2, 0.25) is 0 Å². The van der Waals surface area contributed by atoms with E-state index in [1.165, 1.54) is 0 Å². The maximum atomic E-state index is 8.69. The van der Waals surface area contributed by atoms with Crippen molar-refractivity contribution in [3.63, 3.8) is 0 Å². The maximum absolute atomic E-state index is 8.69. The molecule has 5 heteroatoms. The van der Waals surface area contributed by atoms with Crippen LogP contribution in [0.15, 0.2) is 41.1 Å². The second-order valence-corrected chi connectivity index (χ2v) is 5.06. The molecular formula is C16H14N4O. The molecule has 3 rings (SSSR count). The number of nitrogens with zero attached hydrogens (tertiary/aromatic N) is 4. The first-order chi connectivity index (χ1) is 10.3. The first-order valence-corrected chi connectivity index (χ1v) is 6.81. The van der Waals surface area contributed by atoms with Gasteiger partial charge in [-0.25, -0.2) is 0 Å². The van der Waals surface area contributed by atoms with Gasteiger partial charge < -0.3 is 4.52 Å². The van der Waals surface area contributed by atoms with E-state index in [9.17, 15) is 0 Å². The Morgan fingerprint density at radius 3 is 3.00 bits per heavy atom. The van der Waals surface area contributed by atoms with E-state index in [-0.39, 0.29) is 5.92 Å². The normalized spacial score (nSPS) is 12.2. The van der Waals surface area contributed by atoms with Crippen LogP contribution < -0.4 is 0 Å². The van der Waals surface area contributed by atoms with Crippen molar-refractivity contribution in [2.75, 3.05) is 0 Å². The lowest BCUT2D eigenvalue weighted by molar-refractivity contribution is 0.359. The van der Waals surface area contributed by atoms with Gasteiger partial charge in [-0.2, -0.15) is 10.2 Å². The summed E-state index contributed by atoms with van der Waals surface area (Å²) in [4.78, 5) is 8.77. The monoisotopic (exact) mass is 278 g/mol. The number of rotatable bonds is 4. The lowest BCUT2D eigenvalue weighted by Gasteiger charge is -2.01. The van der Waals surface area contributed by atoms with Gasteiger partial charge in [-0.15, -0.1) is 0 Å². The van der Waals surface area contributed by atoms with E-state index in [2.05, 4.69) is 21.2 Å². The average molecular weight is 278 g/mol. The fraction of sp³-hybridized carbons (Fsp3) is 0.250. The summed E-state index contributed by atoms with van der Waals surface area (Å²) < 4.78 is 5.27. The lowest BCUT2D eigenvalue weighted by atomic mass is 10.1. The van der Waals surface area contributed by atoms with E-state index in [1.807, 2.05) is 37.3 Å². The van der Waals surface area contributed by atoms with Gasteiger partial charge in [-0.1, -0.05) is 36.3 Å². The van der Waals surface area contributed by atoms with Gasteiger partial charge in [0.1, 0.15) is 5.69 Å². The molecule has 0 aliphatic rings. The third-order valence-corrected chi connectivity index (χ3v) is 3.32. The Labute approximate surface area is 122 Å². The second kappa shape index (κ2) is 5.71. The van der Waals surface area contributed by atoms with Crippen molar-refractivity contribution < 1.29 is 4.52 Å². The molecule has 1 atom stereocenters. The van der Waals surface area contributed by atoms with Gasteiger partial charge in [-0.3, -0.25) is 4.98 Å². The minimum atomic E-state index is 0.198. The zero-order valence-corrected chi connectivity index (χ0v) is 11.7. The van der Waals surface area contributed by atoms with Crippen LogP contribution in [0.3, 0.4) is 0 Å². The topological polar surface area (TPSA) is 75.6 Å². The third kappa shape index (κ3) is 2.75. The molecule has 0 aliphatic carbocycles. The van der Waals surface area contributed by atoms with Crippen molar-refractivity contribution in [3.8, 4) is 17.6 Å². The number of nitriles is 1. The van der Waals surface area contributed by atoms with Crippen LogP contribution in [0, 0.1) is 17.2 Å². The highest BCUT2D eigenvalue weighted by atomic mass is 16.5. The van der Waals surface area contributed by atoms with Gasteiger partial charge in [-0.05, 0) is 17.4 Å². The van der Waals surface area contributed by atoms with Crippen molar-refractivity contribution in [1.82, 2.24) is 15.1 Å². The van der Waals surface area contributed by atoms with E-state index < -0.39 is 0 Å². The van der Waals surface area contributed by atoms with E-state index >= 15 is 0 Å². The van der Waals surface area contributed by atoms with Crippen LogP contribution in [0.4, 0.5) is 0 Å². The number of aromatic nitrogens is 3. The predicted molar refractivity (Wildman–Crippen MR) is 78.1 cm³/mol. The summed E-state index contributed by atoms with van der Waals surface area (Å²) >= 11 is 0. The van der Waals surface area contributed by atoms with E-state index in [1.54, 1.807) is 6.20 Å². The molecule has 0 radical (unpaired) electrons. The highest BCUT2D eigenvalue weighted by molar-refractivity contribution is 5.92. The van der Waals surface area contributed by atoms with Gasteiger partial charge in [0.25, 0.3) is 0 Å². The molecule has 0 amide bonds. The Bertz CT molecular complexity index is 798. The molecule has 1 aromatic carbocycles. The van der Waals surface area contributed by atoms with Crippen molar-refractivity contribution in [2.24, 2.45) is 5.92 Å². The predicted octanol–water partition coefficient (Wildman–Crippen LogP) is 3.38. The van der Waals surface area contributed by atoms with E-state index in [0.29, 0.717) is 24.6 Å². The zero-order chi connectivity index (χ0) is 14.7. The van der Waals surface area contributed by atoms with Gasteiger partial charge in [0.2, 0.25) is 11.7 Å². The molecule has 0 fully saturated rings. The number of hydrogen-bond donors (Lipinski definition) is 0. The standard InChI is InChI=1S/C16H14N4O/c1-11(6-8-17)10-14-19-16(20-21-14)15-13-5-3-2-4-12(13)7-9-18-15/h2-5,7,9,11H,6,10H2,1H3. The molecule has 5 nitrogen and oxygen atoms in total. The zero-order valence-electron chi connectivity index (χ0n) is 11.7. The molecule has 21 heavy (non-hydrogen) atoms. The minimum absolute atomic E-state index is 0.198. The molecule has 0 aliphatic heterocycles. The highest BCUT2D eigenvalue weighted by Crippen LogP contribution is 2.24. The van der Waals surface area contributed by atoms with Crippen molar-refractivity contribution in [2.45, 2.75) is 19.8 Å². The summed E-state index contributed by atoms with van der Waals surface area (Å²) in [7, 11) is 0. The number of hydrogen-bond acceptors (Lipinski definition) is 5. The number of benzene rings is 1. The smallest absolute Gasteiger partial charge is 0.227 e. The van der Waals surface area contributed by atoms with Crippen LogP contribution in [0.25, 0.3) is 22.3 Å². The molecule has 0 saturated heterocycles. The van der Waals surface area contributed by atoms with Crippen LogP contribution in [0.1, 0.15) is 19.2 Å². The molecule has 0 saturated carbocycles. The summed E-state index contributed by atoms with van der Waals surface area (Å²) in [6.45, 7) is 1.99. The fourth-order valence-electron chi connectivity index (χ4n) is 2.26. The first kappa shape index (κ1) is 13.3. The first-order valence-electron chi connectivity index (χ1n) is 6.81. The van der Waals surface area contributed by atoms with Crippen LogP contribution in [0.5, 0.6) is 0 Å². The Morgan fingerprint density at radius 1 is 1.29 bits per heavy atom. The Kier molecular flexibility index (Phi) is 3.61. The van der Waals surface area contributed by atoms with Crippen LogP contribution >= 0.6 is 0 Å². The third-order valence-electron chi connectivity index (χ3n) is 3.32. The van der Waals surface area contributed by atoms with Crippen molar-refractivity contribution in [3.05, 3.63) is 42.4 Å². The Morgan fingerprint density at radius 2 is 2.14 bits per heavy atom. The fourth-order valence-corrected chi connectivity index (χ4v) is 2.26. The molecule has 2 heterocycles. The molecule has 1 unspecified atom stereocenters. The molecule has 104 valence electrons. The largest absolute Gasteiger partial charge is 0.339 e. The summed E-state index contributed by atoms with van der Waals surface area (Å²) in [6, 6.07) is 12.1. The molecule has 0 bridgehead atoms. The van der Waals surface area contributed by atoms with Gasteiger partial charge in [0, 0.05) is 24.4 Å². The number of pyridine rings is 1.